The van der Waals surface area contributed by atoms with Gasteiger partial charge in [0, 0.05) is 37.0 Å². The predicted octanol–water partition coefficient (Wildman–Crippen LogP) is 4.47. The molecule has 2 aromatic carbocycles. The lowest BCUT2D eigenvalue weighted by Gasteiger charge is -2.31. The number of carbonyl (C=O) groups is 2. The maximum absolute atomic E-state index is 12.6. The number of benzene rings is 2. The fourth-order valence-electron chi connectivity index (χ4n) is 4.07. The van der Waals surface area contributed by atoms with E-state index in [0.717, 1.165) is 48.3 Å². The van der Waals surface area contributed by atoms with E-state index in [9.17, 15) is 9.59 Å². The molecule has 154 valence electrons. The number of amides is 2. The minimum atomic E-state index is -0.0179. The Morgan fingerprint density at radius 3 is 2.40 bits per heavy atom. The highest BCUT2D eigenvalue weighted by atomic mass is 32.1. The molecular weight excluding hydrogens is 394 g/mol. The largest absolute Gasteiger partial charge is 0.342 e. The molecule has 2 amide bonds. The lowest BCUT2D eigenvalue weighted by molar-refractivity contribution is -0.135. The molecule has 1 N–H and O–H groups in total. The number of nitrogens with one attached hydrogen (secondary N) is 1. The molecule has 30 heavy (non-hydrogen) atoms. The van der Waals surface area contributed by atoms with E-state index in [-0.39, 0.29) is 23.7 Å². The summed E-state index contributed by atoms with van der Waals surface area (Å²) >= 11 is 1.72. The number of hydrogen-bond donors (Lipinski definition) is 1. The zero-order chi connectivity index (χ0) is 20.5. The number of fused-ring (bicyclic) bond motifs is 1. The fraction of sp³-hybridized carbons (Fsp3) is 0.375. The molecular formula is C24H25N3O2S. The molecule has 0 unspecified atom stereocenters. The van der Waals surface area contributed by atoms with Gasteiger partial charge in [-0.25, -0.2) is 4.98 Å². The Balaban J connectivity index is 1.15. The summed E-state index contributed by atoms with van der Waals surface area (Å²) in [4.78, 5) is 31.4. The minimum Gasteiger partial charge on any atom is -0.342 e. The van der Waals surface area contributed by atoms with Crippen LogP contribution in [-0.2, 0) is 16.0 Å². The summed E-state index contributed by atoms with van der Waals surface area (Å²) in [5.74, 6) is 0.595. The van der Waals surface area contributed by atoms with Crippen molar-refractivity contribution in [2.75, 3.05) is 18.4 Å². The summed E-state index contributed by atoms with van der Waals surface area (Å²) in [5.41, 5.74) is 3.05. The second kappa shape index (κ2) is 8.19. The normalized spacial score (nSPS) is 17.3. The van der Waals surface area contributed by atoms with E-state index in [1.165, 1.54) is 10.3 Å². The average molecular weight is 420 g/mol. The zero-order valence-electron chi connectivity index (χ0n) is 16.8. The third-order valence-corrected chi connectivity index (χ3v) is 7.06. The van der Waals surface area contributed by atoms with Crippen molar-refractivity contribution in [1.82, 2.24) is 9.88 Å². The molecule has 5 nitrogen and oxygen atoms in total. The Hall–Kier alpha value is -2.73. The first kappa shape index (κ1) is 19.2. The van der Waals surface area contributed by atoms with Crippen LogP contribution in [0.1, 0.15) is 36.3 Å². The number of likely N-dealkylation sites (tertiary alicyclic amines) is 1. The van der Waals surface area contributed by atoms with Crippen molar-refractivity contribution in [1.29, 1.82) is 0 Å². The van der Waals surface area contributed by atoms with Crippen molar-refractivity contribution >= 4 is 39.1 Å². The number of aromatic nitrogens is 1. The lowest BCUT2D eigenvalue weighted by Crippen LogP contribution is -2.42. The molecule has 1 aliphatic heterocycles. The van der Waals surface area contributed by atoms with Crippen LogP contribution < -0.4 is 5.32 Å². The molecule has 2 aliphatic rings. The lowest BCUT2D eigenvalue weighted by atomic mass is 9.95. The smallest absolute Gasteiger partial charge is 0.227 e. The number of rotatable bonds is 5. The first-order valence-electron chi connectivity index (χ1n) is 10.7. The van der Waals surface area contributed by atoms with Crippen molar-refractivity contribution < 1.29 is 9.59 Å². The molecule has 2 fully saturated rings. The van der Waals surface area contributed by atoms with Crippen LogP contribution in [0.2, 0.25) is 0 Å². The quantitative estimate of drug-likeness (QED) is 0.663. The number of anilines is 1. The van der Waals surface area contributed by atoms with Gasteiger partial charge < -0.3 is 10.2 Å². The monoisotopic (exact) mass is 419 g/mol. The number of thiazole rings is 1. The molecule has 1 aromatic heterocycles. The van der Waals surface area contributed by atoms with Crippen molar-refractivity contribution in [3.05, 3.63) is 59.1 Å². The van der Waals surface area contributed by atoms with Crippen molar-refractivity contribution in [3.63, 3.8) is 0 Å². The van der Waals surface area contributed by atoms with Gasteiger partial charge in [0.1, 0.15) is 0 Å². The van der Waals surface area contributed by atoms with Crippen LogP contribution in [0.25, 0.3) is 10.2 Å². The third kappa shape index (κ3) is 4.24. The van der Waals surface area contributed by atoms with Crippen molar-refractivity contribution in [2.24, 2.45) is 11.8 Å². The standard InChI is InChI=1S/C24H25N3O2S/c28-23(17-11-13-27(14-12-17)24(29)18-7-8-18)25-19-9-5-16(6-10-19)15-22-26-20-3-1-2-4-21(20)30-22/h1-6,9-10,17-18H,7-8,11-15H2,(H,25,28). The second-order valence-corrected chi connectivity index (χ2v) is 9.43. The van der Waals surface area contributed by atoms with Gasteiger partial charge in [-0.15, -0.1) is 11.3 Å². The topological polar surface area (TPSA) is 62.3 Å². The zero-order valence-corrected chi connectivity index (χ0v) is 17.7. The first-order valence-corrected chi connectivity index (χ1v) is 11.5. The van der Waals surface area contributed by atoms with Crippen molar-refractivity contribution in [3.8, 4) is 0 Å². The number of hydrogen-bond acceptors (Lipinski definition) is 4. The van der Waals surface area contributed by atoms with Gasteiger partial charge in [-0.2, -0.15) is 0 Å². The minimum absolute atomic E-state index is 0.0179. The van der Waals surface area contributed by atoms with E-state index in [2.05, 4.69) is 23.5 Å². The average Bonchev–Trinajstić information content (AvgIpc) is 3.54. The van der Waals surface area contributed by atoms with Crippen LogP contribution in [0, 0.1) is 11.8 Å². The highest BCUT2D eigenvalue weighted by Gasteiger charge is 2.35. The highest BCUT2D eigenvalue weighted by molar-refractivity contribution is 7.18. The van der Waals surface area contributed by atoms with Gasteiger partial charge >= 0.3 is 0 Å². The Morgan fingerprint density at radius 1 is 0.967 bits per heavy atom. The highest BCUT2D eigenvalue weighted by Crippen LogP contribution is 2.32. The molecule has 0 spiro atoms. The van der Waals surface area contributed by atoms with Crippen LogP contribution in [0.5, 0.6) is 0 Å². The van der Waals surface area contributed by atoms with Gasteiger partial charge in [-0.3, -0.25) is 9.59 Å². The van der Waals surface area contributed by atoms with Crippen LogP contribution in [0.15, 0.2) is 48.5 Å². The Bertz CT molecular complexity index is 1030. The van der Waals surface area contributed by atoms with Crippen LogP contribution in [0.3, 0.4) is 0 Å². The molecule has 0 bridgehead atoms. The van der Waals surface area contributed by atoms with Gasteiger partial charge in [0.15, 0.2) is 0 Å². The number of para-hydroxylation sites is 1. The van der Waals surface area contributed by atoms with E-state index < -0.39 is 0 Å². The molecule has 3 aromatic rings. The van der Waals surface area contributed by atoms with Gasteiger partial charge in [0.05, 0.1) is 15.2 Å². The van der Waals surface area contributed by atoms with E-state index >= 15 is 0 Å². The number of piperidine rings is 1. The van der Waals surface area contributed by atoms with E-state index in [0.29, 0.717) is 13.1 Å². The van der Waals surface area contributed by atoms with E-state index in [1.807, 2.05) is 35.2 Å². The van der Waals surface area contributed by atoms with Gasteiger partial charge in [-0.05, 0) is 55.5 Å². The molecule has 1 saturated heterocycles. The maximum Gasteiger partial charge on any atom is 0.227 e. The molecule has 2 heterocycles. The summed E-state index contributed by atoms with van der Waals surface area (Å²) in [6.45, 7) is 1.41. The number of nitrogens with zero attached hydrogens (tertiary/aromatic N) is 2. The summed E-state index contributed by atoms with van der Waals surface area (Å²) in [5, 5.41) is 4.15. The maximum atomic E-state index is 12.6. The third-order valence-electron chi connectivity index (χ3n) is 6.02. The SMILES string of the molecule is O=C(Nc1ccc(Cc2nc3ccccc3s2)cc1)C1CCN(C(=O)C2CC2)CC1. The molecule has 1 aliphatic carbocycles. The van der Waals surface area contributed by atoms with Gasteiger partial charge in [0.25, 0.3) is 0 Å². The summed E-state index contributed by atoms with van der Waals surface area (Å²) in [7, 11) is 0. The van der Waals surface area contributed by atoms with Crippen LogP contribution in [-0.4, -0.2) is 34.8 Å². The fourth-order valence-corrected chi connectivity index (χ4v) is 5.07. The molecule has 6 heteroatoms. The predicted molar refractivity (Wildman–Crippen MR) is 120 cm³/mol. The molecule has 1 saturated carbocycles. The van der Waals surface area contributed by atoms with E-state index in [1.54, 1.807) is 11.3 Å². The summed E-state index contributed by atoms with van der Waals surface area (Å²) in [6, 6.07) is 16.2. The van der Waals surface area contributed by atoms with Gasteiger partial charge in [0.2, 0.25) is 11.8 Å². The molecule has 0 radical (unpaired) electrons. The molecule has 5 rings (SSSR count). The van der Waals surface area contributed by atoms with Crippen molar-refractivity contribution in [2.45, 2.75) is 32.1 Å². The Kier molecular flexibility index (Phi) is 5.25. The van der Waals surface area contributed by atoms with E-state index in [4.69, 9.17) is 4.98 Å². The molecule has 0 atom stereocenters. The van der Waals surface area contributed by atoms with Crippen LogP contribution in [0.4, 0.5) is 5.69 Å². The Labute approximate surface area is 180 Å². The van der Waals surface area contributed by atoms with Crippen LogP contribution >= 0.6 is 11.3 Å². The number of carbonyl (C=O) groups excluding carboxylic acids is 2. The van der Waals surface area contributed by atoms with Gasteiger partial charge in [-0.1, -0.05) is 24.3 Å². The first-order chi connectivity index (χ1) is 14.7. The Morgan fingerprint density at radius 2 is 1.70 bits per heavy atom. The second-order valence-electron chi connectivity index (χ2n) is 8.31. The summed E-state index contributed by atoms with van der Waals surface area (Å²) in [6.07, 6.45) is 4.36. The summed E-state index contributed by atoms with van der Waals surface area (Å²) < 4.78 is 1.21.